The first-order valence-corrected chi connectivity index (χ1v) is 6.93. The van der Waals surface area contributed by atoms with Gasteiger partial charge in [0.15, 0.2) is 0 Å². The lowest BCUT2D eigenvalue weighted by Crippen LogP contribution is -2.48. The molecular weight excluding hydrogens is 246 g/mol. The van der Waals surface area contributed by atoms with Crippen LogP contribution in [0.2, 0.25) is 0 Å². The van der Waals surface area contributed by atoms with Crippen molar-refractivity contribution >= 4 is 18.2 Å². The Morgan fingerprint density at radius 1 is 1.21 bits per heavy atom. The summed E-state index contributed by atoms with van der Waals surface area (Å²) in [6, 6.07) is 0. The maximum atomic E-state index is 12.2. The molecule has 2 fully saturated rings. The maximum absolute atomic E-state index is 12.2. The molecule has 106 valence electrons. The molecule has 1 saturated carbocycles. The summed E-state index contributed by atoms with van der Waals surface area (Å²) in [6.07, 6.45) is 2.40. The van der Waals surface area contributed by atoms with E-state index in [1.165, 1.54) is 0 Å². The van der Waals surface area contributed by atoms with Crippen LogP contribution < -0.4 is 5.32 Å². The van der Waals surface area contributed by atoms with Crippen molar-refractivity contribution in [2.45, 2.75) is 19.8 Å². The highest BCUT2D eigenvalue weighted by Gasteiger charge is 2.49. The van der Waals surface area contributed by atoms with E-state index in [9.17, 15) is 14.4 Å². The summed E-state index contributed by atoms with van der Waals surface area (Å²) in [5, 5.41) is 2.83. The van der Waals surface area contributed by atoms with Gasteiger partial charge in [0.25, 0.3) is 0 Å². The number of hydrogen-bond acceptors (Lipinski definition) is 3. The lowest BCUT2D eigenvalue weighted by molar-refractivity contribution is -0.137. The molecule has 1 N–H and O–H groups in total. The van der Waals surface area contributed by atoms with E-state index in [0.717, 1.165) is 12.8 Å². The van der Waals surface area contributed by atoms with E-state index in [1.54, 1.807) is 9.80 Å². The largest absolute Gasteiger partial charge is 0.356 e. The van der Waals surface area contributed by atoms with Gasteiger partial charge in [-0.05, 0) is 12.8 Å². The van der Waals surface area contributed by atoms with Crippen LogP contribution in [0.15, 0.2) is 0 Å². The molecule has 2 rings (SSSR count). The fourth-order valence-electron chi connectivity index (χ4n) is 2.42. The fraction of sp³-hybridized carbons (Fsp3) is 0.769. The van der Waals surface area contributed by atoms with Crippen molar-refractivity contribution in [3.63, 3.8) is 0 Å². The second kappa shape index (κ2) is 6.04. The average molecular weight is 267 g/mol. The Labute approximate surface area is 113 Å². The van der Waals surface area contributed by atoms with E-state index in [2.05, 4.69) is 5.32 Å². The second-order valence-corrected chi connectivity index (χ2v) is 5.21. The molecule has 0 aromatic carbocycles. The fourth-order valence-corrected chi connectivity index (χ4v) is 2.42. The third-order valence-corrected chi connectivity index (χ3v) is 3.77. The van der Waals surface area contributed by atoms with Crippen molar-refractivity contribution in [3.05, 3.63) is 0 Å². The minimum Gasteiger partial charge on any atom is -0.356 e. The van der Waals surface area contributed by atoms with Crippen LogP contribution in [0.4, 0.5) is 0 Å². The Bertz CT molecular complexity index is 364. The molecule has 0 spiro atoms. The number of nitrogens with one attached hydrogen (secondary N) is 1. The van der Waals surface area contributed by atoms with Crippen molar-refractivity contribution in [1.82, 2.24) is 15.1 Å². The van der Waals surface area contributed by atoms with Gasteiger partial charge >= 0.3 is 0 Å². The van der Waals surface area contributed by atoms with E-state index >= 15 is 0 Å². The van der Waals surface area contributed by atoms with Crippen LogP contribution in [0.5, 0.6) is 0 Å². The topological polar surface area (TPSA) is 69.7 Å². The molecule has 19 heavy (non-hydrogen) atoms. The first-order chi connectivity index (χ1) is 9.17. The first kappa shape index (κ1) is 13.8. The molecule has 1 saturated heterocycles. The molecule has 1 heterocycles. The minimum absolute atomic E-state index is 0.00623. The van der Waals surface area contributed by atoms with Crippen LogP contribution in [-0.4, -0.2) is 60.7 Å². The van der Waals surface area contributed by atoms with Crippen molar-refractivity contribution in [3.8, 4) is 0 Å². The van der Waals surface area contributed by atoms with E-state index in [1.807, 2.05) is 6.92 Å². The molecule has 2 aliphatic rings. The van der Waals surface area contributed by atoms with Gasteiger partial charge in [-0.2, -0.15) is 0 Å². The van der Waals surface area contributed by atoms with E-state index in [4.69, 9.17) is 0 Å². The number of carbonyl (C=O) groups is 3. The molecular formula is C13H21N3O3. The van der Waals surface area contributed by atoms with Gasteiger partial charge in [-0.25, -0.2) is 0 Å². The first-order valence-electron chi connectivity index (χ1n) is 6.93. The summed E-state index contributed by atoms with van der Waals surface area (Å²) in [5.74, 6) is -0.197. The number of nitrogens with zero attached hydrogens (tertiary/aromatic N) is 2. The van der Waals surface area contributed by atoms with Gasteiger partial charge < -0.3 is 15.1 Å². The molecule has 2 atom stereocenters. The summed E-state index contributed by atoms with van der Waals surface area (Å²) in [4.78, 5) is 37.9. The van der Waals surface area contributed by atoms with Crippen LogP contribution in [0, 0.1) is 11.8 Å². The zero-order valence-corrected chi connectivity index (χ0v) is 11.3. The molecule has 0 radical (unpaired) electrons. The van der Waals surface area contributed by atoms with Crippen LogP contribution in [-0.2, 0) is 14.4 Å². The standard InChI is InChI=1S/C13H21N3O3/c1-2-3-14-12(18)10-8-11(10)13(19)16-6-4-15(9-17)5-7-16/h9-11H,2-8H2,1H3,(H,14,18). The molecule has 0 aromatic rings. The van der Waals surface area contributed by atoms with Gasteiger partial charge in [-0.15, -0.1) is 0 Å². The Hall–Kier alpha value is -1.59. The predicted octanol–water partition coefficient (Wildman–Crippen LogP) is -0.551. The van der Waals surface area contributed by atoms with Crippen molar-refractivity contribution in [2.24, 2.45) is 11.8 Å². The Kier molecular flexibility index (Phi) is 4.39. The van der Waals surface area contributed by atoms with Crippen LogP contribution in [0.1, 0.15) is 19.8 Å². The molecule has 6 heteroatoms. The quantitative estimate of drug-likeness (QED) is 0.679. The summed E-state index contributed by atoms with van der Waals surface area (Å²) in [6.45, 7) is 5.02. The SMILES string of the molecule is CCCNC(=O)C1CC1C(=O)N1CCN(C=O)CC1. The monoisotopic (exact) mass is 267 g/mol. The molecule has 1 aliphatic carbocycles. The zero-order valence-electron chi connectivity index (χ0n) is 11.3. The molecule has 6 nitrogen and oxygen atoms in total. The number of hydrogen-bond donors (Lipinski definition) is 1. The van der Waals surface area contributed by atoms with Crippen LogP contribution in [0.25, 0.3) is 0 Å². The highest BCUT2D eigenvalue weighted by atomic mass is 16.2. The Morgan fingerprint density at radius 3 is 2.47 bits per heavy atom. The third kappa shape index (κ3) is 3.24. The lowest BCUT2D eigenvalue weighted by atomic mass is 10.2. The zero-order chi connectivity index (χ0) is 13.8. The van der Waals surface area contributed by atoms with Crippen LogP contribution >= 0.6 is 0 Å². The van der Waals surface area contributed by atoms with Gasteiger partial charge in [0.1, 0.15) is 0 Å². The second-order valence-electron chi connectivity index (χ2n) is 5.21. The maximum Gasteiger partial charge on any atom is 0.226 e. The smallest absolute Gasteiger partial charge is 0.226 e. The van der Waals surface area contributed by atoms with Crippen molar-refractivity contribution in [1.29, 1.82) is 0 Å². The number of carbonyl (C=O) groups excluding carboxylic acids is 3. The number of rotatable bonds is 5. The summed E-state index contributed by atoms with van der Waals surface area (Å²) >= 11 is 0. The number of piperazine rings is 1. The molecule has 2 unspecified atom stereocenters. The minimum atomic E-state index is -0.139. The Morgan fingerprint density at radius 2 is 1.89 bits per heavy atom. The third-order valence-electron chi connectivity index (χ3n) is 3.77. The van der Waals surface area contributed by atoms with E-state index < -0.39 is 0 Å². The summed E-state index contributed by atoms with van der Waals surface area (Å²) in [5.41, 5.74) is 0. The molecule has 0 bridgehead atoms. The van der Waals surface area contributed by atoms with Crippen LogP contribution in [0.3, 0.4) is 0 Å². The molecule has 0 aromatic heterocycles. The average Bonchev–Trinajstić information content (AvgIpc) is 3.24. The van der Waals surface area contributed by atoms with Gasteiger partial charge in [-0.3, -0.25) is 14.4 Å². The van der Waals surface area contributed by atoms with Crippen molar-refractivity contribution in [2.75, 3.05) is 32.7 Å². The lowest BCUT2D eigenvalue weighted by Gasteiger charge is -2.32. The van der Waals surface area contributed by atoms with Crippen molar-refractivity contribution < 1.29 is 14.4 Å². The highest BCUT2D eigenvalue weighted by Crippen LogP contribution is 2.40. The van der Waals surface area contributed by atoms with E-state index in [-0.39, 0.29) is 23.7 Å². The summed E-state index contributed by atoms with van der Waals surface area (Å²) < 4.78 is 0. The summed E-state index contributed by atoms with van der Waals surface area (Å²) in [7, 11) is 0. The predicted molar refractivity (Wildman–Crippen MR) is 69.1 cm³/mol. The van der Waals surface area contributed by atoms with E-state index in [0.29, 0.717) is 39.1 Å². The van der Waals surface area contributed by atoms with Gasteiger partial charge in [0.05, 0.1) is 11.8 Å². The Balaban J connectivity index is 1.76. The normalized spacial score (nSPS) is 25.9. The number of amides is 3. The van der Waals surface area contributed by atoms with Gasteiger partial charge in [0, 0.05) is 32.7 Å². The van der Waals surface area contributed by atoms with Gasteiger partial charge in [-0.1, -0.05) is 6.92 Å². The molecule has 3 amide bonds. The highest BCUT2D eigenvalue weighted by molar-refractivity contribution is 5.92. The van der Waals surface area contributed by atoms with Gasteiger partial charge in [0.2, 0.25) is 18.2 Å². The molecule has 1 aliphatic heterocycles.